The Kier molecular flexibility index (Phi) is 6.69. The molecule has 0 N–H and O–H groups in total. The molecular weight excluding hydrogens is 388 g/mol. The van der Waals surface area contributed by atoms with Crippen LogP contribution in [0.5, 0.6) is 5.75 Å². The number of aromatic nitrogens is 2. The monoisotopic (exact) mass is 414 g/mol. The fourth-order valence-electron chi connectivity index (χ4n) is 3.13. The second-order valence-corrected chi connectivity index (χ2v) is 8.20. The van der Waals surface area contributed by atoms with Gasteiger partial charge in [-0.05, 0) is 43.2 Å². The highest BCUT2D eigenvalue weighted by Gasteiger charge is 2.16. The topological polar surface area (TPSA) is 70.4 Å². The number of hydrogen-bond acceptors (Lipinski definition) is 6. The minimum atomic E-state index is -0.375. The Morgan fingerprint density at radius 1 is 1.24 bits per heavy atom. The minimum Gasteiger partial charge on any atom is -0.494 e. The molecule has 0 bridgehead atoms. The number of rotatable bonds is 8. The van der Waals surface area contributed by atoms with E-state index in [9.17, 15) is 9.59 Å². The average Bonchev–Trinajstić information content (AvgIpc) is 3.15. The fourth-order valence-corrected chi connectivity index (χ4v) is 4.10. The predicted molar refractivity (Wildman–Crippen MR) is 115 cm³/mol. The van der Waals surface area contributed by atoms with Crippen molar-refractivity contribution in [3.8, 4) is 5.75 Å². The molecule has 3 aromatic rings. The van der Waals surface area contributed by atoms with E-state index in [1.807, 2.05) is 6.07 Å². The number of fused-ring (bicyclic) bond motifs is 1. The van der Waals surface area contributed by atoms with E-state index in [4.69, 9.17) is 9.72 Å². The smallest absolute Gasteiger partial charge is 0.337 e. The second-order valence-electron chi connectivity index (χ2n) is 7.08. The molecule has 2 aromatic heterocycles. The zero-order valence-electron chi connectivity index (χ0n) is 17.2. The van der Waals surface area contributed by atoms with Crippen LogP contribution < -0.4 is 10.3 Å². The largest absolute Gasteiger partial charge is 0.494 e. The van der Waals surface area contributed by atoms with Crippen molar-refractivity contribution in [1.29, 1.82) is 0 Å². The molecule has 0 saturated carbocycles. The summed E-state index contributed by atoms with van der Waals surface area (Å²) in [6, 6.07) is 8.78. The molecule has 1 aromatic carbocycles. The van der Waals surface area contributed by atoms with Gasteiger partial charge in [0.05, 0.1) is 24.7 Å². The summed E-state index contributed by atoms with van der Waals surface area (Å²) in [5.41, 5.74) is 0.506. The van der Waals surface area contributed by atoms with Crippen LogP contribution in [0.1, 0.15) is 54.2 Å². The summed E-state index contributed by atoms with van der Waals surface area (Å²) in [7, 11) is 1.35. The van der Waals surface area contributed by atoms with Gasteiger partial charge >= 0.3 is 5.97 Å². The molecule has 6 nitrogen and oxygen atoms in total. The molecule has 3 rings (SSSR count). The van der Waals surface area contributed by atoms with Crippen LogP contribution in [0.3, 0.4) is 0 Å². The molecule has 0 unspecified atom stereocenters. The number of methoxy groups -OCH3 is 1. The van der Waals surface area contributed by atoms with Gasteiger partial charge in [0.2, 0.25) is 0 Å². The maximum absolute atomic E-state index is 13.0. The number of aryl methyl sites for hydroxylation is 1. The Morgan fingerprint density at radius 3 is 2.59 bits per heavy atom. The maximum Gasteiger partial charge on any atom is 0.337 e. The molecule has 0 aliphatic rings. The summed E-state index contributed by atoms with van der Waals surface area (Å²) < 4.78 is 12.2. The molecule has 0 atom stereocenters. The standard InChI is InChI=1S/C22H26N2O4S/c1-5-17-13-18-20(29-17)23-19(14(2)3)24(21(18)25)11-6-12-28-16-9-7-15(8-10-16)22(26)27-4/h7-10,13-14H,5-6,11-12H2,1-4H3. The van der Waals surface area contributed by atoms with Gasteiger partial charge in [0.25, 0.3) is 5.56 Å². The van der Waals surface area contributed by atoms with Gasteiger partial charge in [-0.25, -0.2) is 9.78 Å². The van der Waals surface area contributed by atoms with Crippen LogP contribution in [0.15, 0.2) is 35.1 Å². The molecule has 0 aliphatic carbocycles. The molecule has 0 amide bonds. The third-order valence-corrected chi connectivity index (χ3v) is 5.84. The van der Waals surface area contributed by atoms with E-state index in [0.29, 0.717) is 36.3 Å². The van der Waals surface area contributed by atoms with Gasteiger partial charge in [0.15, 0.2) is 0 Å². The lowest BCUT2D eigenvalue weighted by atomic mass is 10.2. The van der Waals surface area contributed by atoms with Crippen molar-refractivity contribution >= 4 is 27.5 Å². The molecular formula is C22H26N2O4S. The van der Waals surface area contributed by atoms with Crippen molar-refractivity contribution in [3.05, 3.63) is 57.0 Å². The molecule has 0 saturated heterocycles. The lowest BCUT2D eigenvalue weighted by Gasteiger charge is -2.15. The van der Waals surface area contributed by atoms with E-state index in [-0.39, 0.29) is 17.4 Å². The van der Waals surface area contributed by atoms with Gasteiger partial charge in [-0.2, -0.15) is 0 Å². The zero-order chi connectivity index (χ0) is 21.0. The Labute approximate surface area is 174 Å². The van der Waals surface area contributed by atoms with Crippen molar-refractivity contribution in [2.75, 3.05) is 13.7 Å². The third-order valence-electron chi connectivity index (χ3n) is 4.67. The van der Waals surface area contributed by atoms with Gasteiger partial charge in [-0.1, -0.05) is 20.8 Å². The van der Waals surface area contributed by atoms with Crippen LogP contribution in [0.25, 0.3) is 10.2 Å². The number of hydrogen-bond donors (Lipinski definition) is 0. The van der Waals surface area contributed by atoms with Gasteiger partial charge in [-0.15, -0.1) is 11.3 Å². The number of carbonyl (C=O) groups is 1. The number of nitrogens with zero attached hydrogens (tertiary/aromatic N) is 2. The van der Waals surface area contributed by atoms with Crippen LogP contribution in [0.2, 0.25) is 0 Å². The summed E-state index contributed by atoms with van der Waals surface area (Å²) in [6.07, 6.45) is 1.58. The van der Waals surface area contributed by atoms with Crippen molar-refractivity contribution in [3.63, 3.8) is 0 Å². The van der Waals surface area contributed by atoms with Crippen LogP contribution in [-0.2, 0) is 17.7 Å². The molecule has 0 spiro atoms. The molecule has 29 heavy (non-hydrogen) atoms. The lowest BCUT2D eigenvalue weighted by Crippen LogP contribution is -2.26. The van der Waals surface area contributed by atoms with Crippen molar-refractivity contribution < 1.29 is 14.3 Å². The summed E-state index contributed by atoms with van der Waals surface area (Å²) in [5.74, 6) is 1.27. The Hall–Kier alpha value is -2.67. The van der Waals surface area contributed by atoms with E-state index in [0.717, 1.165) is 17.1 Å². The normalized spacial score (nSPS) is 11.2. The first kappa shape index (κ1) is 21.0. The fraction of sp³-hybridized carbons (Fsp3) is 0.409. The number of thiophene rings is 1. The number of ether oxygens (including phenoxy) is 2. The van der Waals surface area contributed by atoms with Crippen LogP contribution in [0, 0.1) is 0 Å². The quantitative estimate of drug-likeness (QED) is 0.404. The molecule has 0 fully saturated rings. The van der Waals surface area contributed by atoms with Crippen LogP contribution in [0.4, 0.5) is 0 Å². The Balaban J connectivity index is 1.70. The van der Waals surface area contributed by atoms with E-state index >= 15 is 0 Å². The highest BCUT2D eigenvalue weighted by atomic mass is 32.1. The van der Waals surface area contributed by atoms with Gasteiger partial charge < -0.3 is 9.47 Å². The van der Waals surface area contributed by atoms with Crippen LogP contribution >= 0.6 is 11.3 Å². The van der Waals surface area contributed by atoms with Crippen molar-refractivity contribution in [2.45, 2.75) is 46.1 Å². The average molecular weight is 415 g/mol. The Bertz CT molecular complexity index is 1050. The third kappa shape index (κ3) is 4.67. The molecule has 2 heterocycles. The van der Waals surface area contributed by atoms with Crippen molar-refractivity contribution in [2.24, 2.45) is 0 Å². The number of benzene rings is 1. The summed E-state index contributed by atoms with van der Waals surface area (Å²) in [4.78, 5) is 31.3. The van der Waals surface area contributed by atoms with Crippen LogP contribution in [-0.4, -0.2) is 29.2 Å². The highest BCUT2D eigenvalue weighted by molar-refractivity contribution is 7.18. The van der Waals surface area contributed by atoms with Gasteiger partial charge in [0.1, 0.15) is 16.4 Å². The molecule has 0 aliphatic heterocycles. The first-order chi connectivity index (χ1) is 13.9. The molecule has 154 valence electrons. The first-order valence-electron chi connectivity index (χ1n) is 9.79. The Morgan fingerprint density at radius 2 is 1.97 bits per heavy atom. The van der Waals surface area contributed by atoms with E-state index in [2.05, 4.69) is 25.5 Å². The van der Waals surface area contributed by atoms with E-state index < -0.39 is 0 Å². The molecule has 0 radical (unpaired) electrons. The number of carbonyl (C=O) groups excluding carboxylic acids is 1. The maximum atomic E-state index is 13.0. The minimum absolute atomic E-state index is 0.0251. The van der Waals surface area contributed by atoms with Gasteiger partial charge in [0, 0.05) is 17.3 Å². The predicted octanol–water partition coefficient (Wildman–Crippen LogP) is 4.40. The summed E-state index contributed by atoms with van der Waals surface area (Å²) in [5, 5.41) is 0.704. The van der Waals surface area contributed by atoms with Crippen molar-refractivity contribution in [1.82, 2.24) is 9.55 Å². The highest BCUT2D eigenvalue weighted by Crippen LogP contribution is 2.24. The van der Waals surface area contributed by atoms with E-state index in [1.165, 1.54) is 12.0 Å². The lowest BCUT2D eigenvalue weighted by molar-refractivity contribution is 0.0600. The zero-order valence-corrected chi connectivity index (χ0v) is 18.0. The molecule has 7 heteroatoms. The van der Waals surface area contributed by atoms with Gasteiger partial charge in [-0.3, -0.25) is 9.36 Å². The second kappa shape index (κ2) is 9.22. The first-order valence-corrected chi connectivity index (χ1v) is 10.6. The summed E-state index contributed by atoms with van der Waals surface area (Å²) >= 11 is 1.60. The SMILES string of the molecule is CCc1cc2c(=O)n(CCCOc3ccc(C(=O)OC)cc3)c(C(C)C)nc2s1. The number of esters is 1. The van der Waals surface area contributed by atoms with E-state index in [1.54, 1.807) is 40.2 Å². The summed E-state index contributed by atoms with van der Waals surface area (Å²) in [6.45, 7) is 7.20.